The zero-order valence-electron chi connectivity index (χ0n) is 23.7. The van der Waals surface area contributed by atoms with Crippen molar-refractivity contribution in [3.63, 3.8) is 0 Å². The molecule has 0 aromatic carbocycles. The fourth-order valence-corrected chi connectivity index (χ4v) is 3.47. The molecule has 234 valence electrons. The molecule has 0 spiro atoms. The van der Waals surface area contributed by atoms with E-state index in [1.807, 2.05) is 0 Å². The summed E-state index contributed by atoms with van der Waals surface area (Å²) >= 11 is 0. The van der Waals surface area contributed by atoms with Crippen LogP contribution in [-0.4, -0.2) is 114 Å². The number of nitrogens with zero attached hydrogens (tertiary/aromatic N) is 3. The number of hydrogen-bond acceptors (Lipinski definition) is 6. The van der Waals surface area contributed by atoms with E-state index in [2.05, 4.69) is 10.6 Å². The Morgan fingerprint density at radius 1 is 0.625 bits per heavy atom. The molecule has 0 heterocycles. The van der Waals surface area contributed by atoms with E-state index in [9.17, 15) is 34.8 Å². The van der Waals surface area contributed by atoms with E-state index in [1.54, 1.807) is 0 Å². The van der Waals surface area contributed by atoms with Crippen molar-refractivity contribution in [2.24, 2.45) is 5.73 Å². The summed E-state index contributed by atoms with van der Waals surface area (Å²) in [5.74, 6) is -1.17. The third-order valence-electron chi connectivity index (χ3n) is 5.93. The van der Waals surface area contributed by atoms with Gasteiger partial charge in [-0.1, -0.05) is 6.42 Å². The maximum atomic E-state index is 11.9. The zero-order valence-corrected chi connectivity index (χ0v) is 24.8. The molecule has 0 fully saturated rings. The third-order valence-corrected chi connectivity index (χ3v) is 5.93. The second-order valence-corrected chi connectivity index (χ2v) is 9.42. The summed E-state index contributed by atoms with van der Waals surface area (Å²) in [5.41, 5.74) is 5.41. The van der Waals surface area contributed by atoms with Crippen molar-refractivity contribution in [2.45, 2.75) is 90.4 Å². The van der Waals surface area contributed by atoms with Gasteiger partial charge in [0, 0.05) is 43.0 Å². The number of unbranched alkanes of at least 4 members (excludes halogenated alkanes) is 6. The maximum absolute atomic E-state index is 11.9. The van der Waals surface area contributed by atoms with Crippen molar-refractivity contribution in [3.05, 3.63) is 0 Å². The molecule has 0 saturated heterocycles. The molecule has 0 aliphatic heterocycles. The predicted molar refractivity (Wildman–Crippen MR) is 147 cm³/mol. The summed E-state index contributed by atoms with van der Waals surface area (Å²) in [5, 5.41) is 36.7. The molecule has 0 radical (unpaired) electrons. The SMILES string of the molecule is CC(=[OH+])N(O)CCCCCNC(=O)CCC(=[OH+])N(O)CCCCCNC(=O)CCC(=[OH+])N(O)CCCCCN.[Fe]. The average Bonchev–Trinajstić information content (AvgIpc) is 2.91. The number of amides is 5. The van der Waals surface area contributed by atoms with E-state index in [-0.39, 0.29) is 85.4 Å². The summed E-state index contributed by atoms with van der Waals surface area (Å²) in [6.45, 7) is 3.65. The Bertz CT molecular complexity index is 746. The number of nitrogens with two attached hydrogens (primary N) is 1. The standard InChI is InChI=1S/C25H48N6O8.Fe/c1-21(32)29(37)18-9-3-6-16-27-22(33)12-14-25(36)31(39)20-10-4-7-17-28-23(34)11-13-24(35)30(38)19-8-2-5-15-26;/h37-39H,2-20,26H2,1H3,(H,27,33)(H,28,34);/p+3. The van der Waals surface area contributed by atoms with Crippen molar-refractivity contribution in [3.8, 4) is 0 Å². The molecule has 10 N–H and O–H groups in total. The third kappa shape index (κ3) is 22.5. The molecule has 0 saturated carbocycles. The summed E-state index contributed by atoms with van der Waals surface area (Å²) in [7, 11) is 0. The van der Waals surface area contributed by atoms with Crippen molar-refractivity contribution in [2.75, 3.05) is 39.3 Å². The summed E-state index contributed by atoms with van der Waals surface area (Å²) in [6, 6.07) is 0. The van der Waals surface area contributed by atoms with E-state index < -0.39 is 0 Å². The molecule has 0 unspecified atom stereocenters. The first kappa shape index (κ1) is 39.9. The quantitative estimate of drug-likeness (QED) is 0.0320. The number of nitrogens with one attached hydrogen (secondary N) is 2. The minimum Gasteiger partial charge on any atom is -0.356 e. The van der Waals surface area contributed by atoms with Gasteiger partial charge < -0.3 is 16.4 Å². The van der Waals surface area contributed by atoms with Crippen LogP contribution in [0.3, 0.4) is 0 Å². The van der Waals surface area contributed by atoms with Crippen LogP contribution in [0.4, 0.5) is 0 Å². The fraction of sp³-hybridized carbons (Fsp3) is 0.800. The van der Waals surface area contributed by atoms with Crippen LogP contribution in [0.2, 0.25) is 0 Å². The van der Waals surface area contributed by atoms with Gasteiger partial charge in [-0.25, -0.2) is 0 Å². The minimum absolute atomic E-state index is 0. The molecule has 15 heteroatoms. The number of carbonyl (C=O) groups is 2. The van der Waals surface area contributed by atoms with Crippen LogP contribution in [0.25, 0.3) is 0 Å². The molecule has 0 aromatic rings. The first-order valence-electron chi connectivity index (χ1n) is 13.8. The molecule has 0 aliphatic rings. The second kappa shape index (κ2) is 25.7. The maximum Gasteiger partial charge on any atom is 0.415 e. The van der Waals surface area contributed by atoms with Crippen LogP contribution in [0.5, 0.6) is 0 Å². The van der Waals surface area contributed by atoms with Gasteiger partial charge in [0.05, 0.1) is 39.4 Å². The number of rotatable bonds is 23. The number of hydroxylamine groups is 6. The number of carbonyl (C=O) groups excluding carboxylic acids is 5. The molecule has 0 aliphatic carbocycles. The van der Waals surface area contributed by atoms with E-state index >= 15 is 0 Å². The van der Waals surface area contributed by atoms with Crippen LogP contribution in [0.1, 0.15) is 90.4 Å². The van der Waals surface area contributed by atoms with Crippen molar-refractivity contribution >= 4 is 29.5 Å². The summed E-state index contributed by atoms with van der Waals surface area (Å²) in [4.78, 5) is 52.6. The van der Waals surface area contributed by atoms with Crippen LogP contribution in [-0.2, 0) is 26.7 Å². The molecule has 14 nitrogen and oxygen atoms in total. The number of hydrogen-bond donors (Lipinski definition) is 6. The first-order valence-corrected chi connectivity index (χ1v) is 13.8. The summed E-state index contributed by atoms with van der Waals surface area (Å²) in [6.07, 6.45) is 6.60. The smallest absolute Gasteiger partial charge is 0.356 e. The summed E-state index contributed by atoms with van der Waals surface area (Å²) < 4.78 is 0. The molecule has 0 bridgehead atoms. The van der Waals surface area contributed by atoms with Gasteiger partial charge in [-0.3, -0.25) is 39.6 Å². The first-order chi connectivity index (χ1) is 18.6. The fourth-order valence-electron chi connectivity index (χ4n) is 3.47. The van der Waals surface area contributed by atoms with Crippen LogP contribution in [0, 0.1) is 0 Å². The molecule has 0 rings (SSSR count). The topological polar surface area (TPSA) is 219 Å². The van der Waals surface area contributed by atoms with Gasteiger partial charge in [0.15, 0.2) is 0 Å². The Balaban J connectivity index is 0. The van der Waals surface area contributed by atoms with Crippen molar-refractivity contribution < 1.29 is 56.7 Å². The van der Waals surface area contributed by atoms with Crippen molar-refractivity contribution in [1.29, 1.82) is 0 Å². The molecule has 40 heavy (non-hydrogen) atoms. The predicted octanol–water partition coefficient (Wildman–Crippen LogP) is 0.847. The monoisotopic (exact) mass is 619 g/mol. The van der Waals surface area contributed by atoms with E-state index in [0.29, 0.717) is 64.7 Å². The Labute approximate surface area is 247 Å². The molecule has 0 aromatic heterocycles. The molecular formula is C25H51FeN6O8+3. The Hall–Kier alpha value is -2.29. The van der Waals surface area contributed by atoms with Gasteiger partial charge in [0.25, 0.3) is 0 Å². The van der Waals surface area contributed by atoms with E-state index in [0.717, 1.165) is 34.5 Å². The van der Waals surface area contributed by atoms with Crippen LogP contribution in [0.15, 0.2) is 0 Å². The van der Waals surface area contributed by atoms with Gasteiger partial charge in [-0.05, 0) is 57.9 Å². The van der Waals surface area contributed by atoms with Gasteiger partial charge >= 0.3 is 17.7 Å². The Kier molecular flexibility index (Phi) is 25.6. The largest absolute Gasteiger partial charge is 0.415 e. The van der Waals surface area contributed by atoms with Crippen molar-refractivity contribution in [1.82, 2.24) is 25.8 Å². The van der Waals surface area contributed by atoms with E-state index in [1.165, 1.54) is 6.92 Å². The Morgan fingerprint density at radius 2 is 1.00 bits per heavy atom. The Morgan fingerprint density at radius 3 is 1.38 bits per heavy atom. The normalized spacial score (nSPS) is 10.3. The van der Waals surface area contributed by atoms with Crippen LogP contribution >= 0.6 is 0 Å². The zero-order chi connectivity index (χ0) is 29.5. The van der Waals surface area contributed by atoms with Gasteiger partial charge in [0.2, 0.25) is 11.8 Å². The minimum atomic E-state index is -0.287. The second-order valence-electron chi connectivity index (χ2n) is 9.42. The van der Waals surface area contributed by atoms with Gasteiger partial charge in [0.1, 0.15) is 0 Å². The average molecular weight is 620 g/mol. The molecule has 5 amide bonds. The van der Waals surface area contributed by atoms with E-state index in [4.69, 9.17) is 10.5 Å². The van der Waals surface area contributed by atoms with Crippen LogP contribution < -0.4 is 16.4 Å². The van der Waals surface area contributed by atoms with Gasteiger partial charge in [-0.2, -0.15) is 15.2 Å². The molecular weight excluding hydrogens is 568 g/mol. The van der Waals surface area contributed by atoms with Gasteiger partial charge in [-0.15, -0.1) is 0 Å². The molecule has 0 atom stereocenters.